The average molecular weight is 486 g/mol. The number of carbonyl (C=O) groups excluding carboxylic acids is 2. The van der Waals surface area contributed by atoms with Crippen LogP contribution in [0.5, 0.6) is 0 Å². The van der Waals surface area contributed by atoms with Crippen LogP contribution >= 0.6 is 0 Å². The van der Waals surface area contributed by atoms with Gasteiger partial charge < -0.3 is 14.7 Å². The first-order valence-corrected chi connectivity index (χ1v) is 12.8. The first kappa shape index (κ1) is 25.6. The predicted octanol–water partition coefficient (Wildman–Crippen LogP) is 5.71. The number of amides is 1. The van der Waals surface area contributed by atoms with Gasteiger partial charge in [-0.2, -0.15) is 0 Å². The van der Waals surface area contributed by atoms with Crippen molar-refractivity contribution in [2.24, 2.45) is 0 Å². The molecule has 1 N–H and O–H groups in total. The lowest BCUT2D eigenvalue weighted by atomic mass is 9.68. The van der Waals surface area contributed by atoms with Crippen LogP contribution in [0.4, 0.5) is 0 Å². The third-order valence-corrected chi connectivity index (χ3v) is 7.36. The van der Waals surface area contributed by atoms with Gasteiger partial charge in [0.1, 0.15) is 6.23 Å². The maximum absolute atomic E-state index is 13.8. The summed E-state index contributed by atoms with van der Waals surface area (Å²) in [5, 5.41) is 10.4. The predicted molar refractivity (Wildman–Crippen MR) is 142 cm³/mol. The van der Waals surface area contributed by atoms with E-state index in [9.17, 15) is 14.7 Å². The molecule has 0 aliphatic heterocycles. The van der Waals surface area contributed by atoms with E-state index in [4.69, 9.17) is 4.74 Å². The molecule has 0 aromatic heterocycles. The van der Waals surface area contributed by atoms with Gasteiger partial charge in [0.15, 0.2) is 0 Å². The molecule has 5 nitrogen and oxygen atoms in total. The lowest BCUT2D eigenvalue weighted by Crippen LogP contribution is -2.43. The molecule has 0 fully saturated rings. The molecule has 3 aromatic rings. The molecule has 1 atom stereocenters. The van der Waals surface area contributed by atoms with E-state index < -0.39 is 17.6 Å². The number of esters is 1. The monoisotopic (exact) mass is 485 g/mol. The lowest BCUT2D eigenvalue weighted by Gasteiger charge is -2.36. The van der Waals surface area contributed by atoms with Crippen molar-refractivity contribution in [3.05, 3.63) is 94.5 Å². The Morgan fingerprint density at radius 1 is 0.944 bits per heavy atom. The molecule has 0 saturated carbocycles. The van der Waals surface area contributed by atoms with Crippen LogP contribution in [0.3, 0.4) is 0 Å². The molecule has 0 radical (unpaired) electrons. The van der Waals surface area contributed by atoms with Gasteiger partial charge in [0.25, 0.3) is 0 Å². The van der Waals surface area contributed by atoms with Gasteiger partial charge in [-0.1, -0.05) is 74.0 Å². The summed E-state index contributed by atoms with van der Waals surface area (Å²) in [6, 6.07) is 22.1. The van der Waals surface area contributed by atoms with Crippen LogP contribution in [0.15, 0.2) is 66.7 Å². The van der Waals surface area contributed by atoms with E-state index in [2.05, 4.69) is 37.3 Å². The van der Waals surface area contributed by atoms with Crippen molar-refractivity contribution < 1.29 is 19.4 Å². The summed E-state index contributed by atoms with van der Waals surface area (Å²) >= 11 is 0. The number of ether oxygens (including phenoxy) is 1. The van der Waals surface area contributed by atoms with Crippen LogP contribution in [0, 0.1) is 0 Å². The van der Waals surface area contributed by atoms with Crippen LogP contribution in [-0.4, -0.2) is 41.8 Å². The molecule has 3 aromatic carbocycles. The molecule has 1 aliphatic rings. The van der Waals surface area contributed by atoms with E-state index in [-0.39, 0.29) is 12.3 Å². The summed E-state index contributed by atoms with van der Waals surface area (Å²) in [6.45, 7) is 6.01. The maximum Gasteiger partial charge on any atom is 0.338 e. The standard InChI is InChI=1S/C31H35NO4/c1-5-7-12-22-17-18-25(30(35)36-4)28(19-22)31(20-29(34)32(6-2)21(3)33)26-15-10-8-13-23(26)24-14-9-11-16-27(24)31/h8-11,13-19,21,33H,5-7,12,20H2,1-4H3. The van der Waals surface area contributed by atoms with E-state index in [0.717, 1.165) is 52.6 Å². The normalized spacial score (nSPS) is 14.0. The molecule has 5 heteroatoms. The summed E-state index contributed by atoms with van der Waals surface area (Å²) in [5.74, 6) is -0.600. The molecule has 0 saturated heterocycles. The summed E-state index contributed by atoms with van der Waals surface area (Å²) in [6.07, 6.45) is 2.14. The lowest BCUT2D eigenvalue weighted by molar-refractivity contribution is -0.140. The largest absolute Gasteiger partial charge is 0.465 e. The molecule has 0 bridgehead atoms. The van der Waals surface area contributed by atoms with E-state index in [0.29, 0.717) is 12.1 Å². The Hall–Kier alpha value is -3.44. The smallest absolute Gasteiger partial charge is 0.338 e. The number of fused-ring (bicyclic) bond motifs is 3. The third kappa shape index (κ3) is 4.33. The van der Waals surface area contributed by atoms with Gasteiger partial charge in [-0.05, 0) is 66.1 Å². The average Bonchev–Trinajstić information content (AvgIpc) is 3.17. The molecule has 0 spiro atoms. The number of unbranched alkanes of at least 4 members (excludes halogenated alkanes) is 1. The number of rotatable bonds is 9. The number of nitrogens with zero attached hydrogens (tertiary/aromatic N) is 1. The number of carbonyl (C=O) groups is 2. The summed E-state index contributed by atoms with van der Waals surface area (Å²) < 4.78 is 5.22. The molecule has 1 unspecified atom stereocenters. The van der Waals surface area contributed by atoms with Crippen molar-refractivity contribution in [3.63, 3.8) is 0 Å². The maximum atomic E-state index is 13.8. The molecule has 36 heavy (non-hydrogen) atoms. The van der Waals surface area contributed by atoms with Crippen molar-refractivity contribution in [3.8, 4) is 11.1 Å². The van der Waals surface area contributed by atoms with Gasteiger partial charge in [-0.3, -0.25) is 4.79 Å². The Morgan fingerprint density at radius 3 is 2.08 bits per heavy atom. The molecule has 1 aliphatic carbocycles. The van der Waals surface area contributed by atoms with Gasteiger partial charge in [-0.15, -0.1) is 0 Å². The minimum Gasteiger partial charge on any atom is -0.465 e. The fourth-order valence-electron chi connectivity index (χ4n) is 5.65. The van der Waals surface area contributed by atoms with Crippen LogP contribution in [0.1, 0.15) is 72.6 Å². The number of hydrogen-bond donors (Lipinski definition) is 1. The highest BCUT2D eigenvalue weighted by Crippen LogP contribution is 2.55. The quantitative estimate of drug-likeness (QED) is 0.312. The molecular formula is C31H35NO4. The zero-order chi connectivity index (χ0) is 25.9. The second kappa shape index (κ2) is 10.7. The molecule has 0 heterocycles. The fourth-order valence-corrected chi connectivity index (χ4v) is 5.65. The van der Waals surface area contributed by atoms with Crippen LogP contribution in [0.25, 0.3) is 11.1 Å². The number of aliphatic hydroxyl groups excluding tert-OH is 1. The van der Waals surface area contributed by atoms with E-state index in [1.165, 1.54) is 12.0 Å². The van der Waals surface area contributed by atoms with Crippen LogP contribution in [0.2, 0.25) is 0 Å². The number of benzene rings is 3. The van der Waals surface area contributed by atoms with Gasteiger partial charge >= 0.3 is 5.97 Å². The second-order valence-electron chi connectivity index (χ2n) is 9.46. The SMILES string of the molecule is CCCCc1ccc(C(=O)OC)c(C2(CC(=O)N(CC)C(C)O)c3ccccc3-c3ccccc32)c1. The Bertz CT molecular complexity index is 1220. The molecular weight excluding hydrogens is 450 g/mol. The number of hydrogen-bond acceptors (Lipinski definition) is 4. The van der Waals surface area contributed by atoms with Crippen LogP contribution < -0.4 is 0 Å². The first-order valence-electron chi connectivity index (χ1n) is 12.8. The van der Waals surface area contributed by atoms with E-state index in [1.54, 1.807) is 6.92 Å². The van der Waals surface area contributed by atoms with E-state index in [1.807, 2.05) is 43.3 Å². The van der Waals surface area contributed by atoms with Crippen molar-refractivity contribution in [2.45, 2.75) is 58.1 Å². The Balaban J connectivity index is 2.06. The second-order valence-corrected chi connectivity index (χ2v) is 9.46. The van der Waals surface area contributed by atoms with Crippen molar-refractivity contribution in [1.29, 1.82) is 0 Å². The number of methoxy groups -OCH3 is 1. The first-order chi connectivity index (χ1) is 17.4. The van der Waals surface area contributed by atoms with Gasteiger partial charge in [0.05, 0.1) is 18.1 Å². The van der Waals surface area contributed by atoms with Crippen molar-refractivity contribution in [1.82, 2.24) is 4.90 Å². The van der Waals surface area contributed by atoms with Gasteiger partial charge in [0.2, 0.25) is 5.91 Å². The summed E-state index contributed by atoms with van der Waals surface area (Å²) in [4.78, 5) is 28.4. The van der Waals surface area contributed by atoms with Crippen molar-refractivity contribution in [2.75, 3.05) is 13.7 Å². The zero-order valence-corrected chi connectivity index (χ0v) is 21.6. The topological polar surface area (TPSA) is 66.8 Å². The number of aryl methyl sites for hydroxylation is 1. The zero-order valence-electron chi connectivity index (χ0n) is 21.6. The van der Waals surface area contributed by atoms with Gasteiger partial charge in [-0.25, -0.2) is 4.79 Å². The third-order valence-electron chi connectivity index (χ3n) is 7.36. The summed E-state index contributed by atoms with van der Waals surface area (Å²) in [7, 11) is 1.39. The minimum absolute atomic E-state index is 0.0843. The molecule has 188 valence electrons. The number of aliphatic hydroxyl groups is 1. The van der Waals surface area contributed by atoms with Gasteiger partial charge in [0, 0.05) is 13.0 Å². The highest BCUT2D eigenvalue weighted by Gasteiger charge is 2.48. The van der Waals surface area contributed by atoms with Crippen LogP contribution in [-0.2, 0) is 21.4 Å². The minimum atomic E-state index is -0.914. The summed E-state index contributed by atoms with van der Waals surface area (Å²) in [5.41, 5.74) is 5.52. The molecule has 4 rings (SSSR count). The fraction of sp³-hybridized carbons (Fsp3) is 0.355. The highest BCUT2D eigenvalue weighted by atomic mass is 16.5. The Kier molecular flexibility index (Phi) is 7.60. The Morgan fingerprint density at radius 2 is 1.56 bits per heavy atom. The Labute approximate surface area is 213 Å². The molecule has 1 amide bonds. The van der Waals surface area contributed by atoms with E-state index >= 15 is 0 Å². The van der Waals surface area contributed by atoms with Crippen molar-refractivity contribution >= 4 is 11.9 Å². The highest BCUT2D eigenvalue weighted by molar-refractivity contribution is 5.96.